The number of hydrogen-bond acceptors (Lipinski definition) is 5. The maximum absolute atomic E-state index is 12.2. The van der Waals surface area contributed by atoms with Crippen molar-refractivity contribution in [3.05, 3.63) is 11.1 Å². The van der Waals surface area contributed by atoms with E-state index in [9.17, 15) is 14.4 Å². The molecule has 0 spiro atoms. The highest BCUT2D eigenvalue weighted by atomic mass is 16.6. The molecular weight excluding hydrogens is 296 g/mol. The van der Waals surface area contributed by atoms with E-state index < -0.39 is 5.60 Å². The van der Waals surface area contributed by atoms with Crippen molar-refractivity contribution in [3.8, 4) is 0 Å². The monoisotopic (exact) mass is 320 g/mol. The van der Waals surface area contributed by atoms with Gasteiger partial charge in [0.1, 0.15) is 11.7 Å². The van der Waals surface area contributed by atoms with E-state index in [0.29, 0.717) is 24.8 Å². The summed E-state index contributed by atoms with van der Waals surface area (Å²) in [6, 6.07) is 0. The van der Waals surface area contributed by atoms with Crippen LogP contribution < -0.4 is 0 Å². The Morgan fingerprint density at radius 3 is 2.65 bits per heavy atom. The fraction of sp³-hybridized carbons (Fsp3) is 0.722. The van der Waals surface area contributed by atoms with Gasteiger partial charge in [-0.3, -0.25) is 14.4 Å². The van der Waals surface area contributed by atoms with Crippen LogP contribution in [0.15, 0.2) is 11.1 Å². The molecule has 0 unspecified atom stereocenters. The van der Waals surface area contributed by atoms with Crippen LogP contribution in [0.3, 0.4) is 0 Å². The third-order valence-corrected chi connectivity index (χ3v) is 5.93. The molecule has 2 fully saturated rings. The van der Waals surface area contributed by atoms with Gasteiger partial charge in [0.25, 0.3) is 0 Å². The summed E-state index contributed by atoms with van der Waals surface area (Å²) in [7, 11) is 0. The smallest absolute Gasteiger partial charge is 0.309 e. The van der Waals surface area contributed by atoms with Crippen LogP contribution in [0.2, 0.25) is 0 Å². The third-order valence-electron chi connectivity index (χ3n) is 5.93. The van der Waals surface area contributed by atoms with Crippen LogP contribution in [0.1, 0.15) is 53.4 Å². The molecule has 3 rings (SSSR count). The fourth-order valence-electron chi connectivity index (χ4n) is 4.62. The highest BCUT2D eigenvalue weighted by molar-refractivity contribution is 5.97. The van der Waals surface area contributed by atoms with Gasteiger partial charge in [0.05, 0.1) is 5.92 Å². The number of carbonyl (C=O) groups is 3. The van der Waals surface area contributed by atoms with Crippen LogP contribution in [0.25, 0.3) is 0 Å². The summed E-state index contributed by atoms with van der Waals surface area (Å²) in [5.41, 5.74) is 0.947. The molecule has 23 heavy (non-hydrogen) atoms. The average Bonchev–Trinajstić information content (AvgIpc) is 2.67. The molecule has 126 valence electrons. The van der Waals surface area contributed by atoms with E-state index in [1.807, 2.05) is 20.8 Å². The number of esters is 2. The number of hydrogen-bond donors (Lipinski definition) is 0. The van der Waals surface area contributed by atoms with Crippen LogP contribution in [-0.2, 0) is 23.9 Å². The number of rotatable bonds is 1. The number of ether oxygens (including phenoxy) is 2. The zero-order valence-corrected chi connectivity index (χ0v) is 14.2. The Kier molecular flexibility index (Phi) is 3.85. The van der Waals surface area contributed by atoms with E-state index in [1.165, 1.54) is 6.92 Å². The minimum Gasteiger partial charge on any atom is -0.459 e. The molecule has 5 heteroatoms. The molecule has 0 aromatic carbocycles. The van der Waals surface area contributed by atoms with Crippen LogP contribution in [0.4, 0.5) is 0 Å². The lowest BCUT2D eigenvalue weighted by Gasteiger charge is -2.40. The van der Waals surface area contributed by atoms with Crippen molar-refractivity contribution < 1.29 is 23.9 Å². The van der Waals surface area contributed by atoms with Crippen molar-refractivity contribution in [1.82, 2.24) is 0 Å². The summed E-state index contributed by atoms with van der Waals surface area (Å²) in [4.78, 5) is 35.9. The van der Waals surface area contributed by atoms with Gasteiger partial charge in [0, 0.05) is 25.2 Å². The van der Waals surface area contributed by atoms with Crippen LogP contribution in [0.5, 0.6) is 0 Å². The standard InChI is InChI=1S/C18H24O5/c1-9-12-7-8-18(4,23-11(3)19)13-5-6-14(20)10(2)15(13)16(12)22-17(9)21/h9,12-13,16H,5-8H2,1-4H3/t9-,12-,13+,16-,18+/m0/s1. The molecular formula is C18H24O5. The molecule has 5 atom stereocenters. The first-order chi connectivity index (χ1) is 10.7. The van der Waals surface area contributed by atoms with E-state index in [2.05, 4.69) is 0 Å². The maximum atomic E-state index is 12.2. The molecule has 1 saturated carbocycles. The minimum atomic E-state index is -0.639. The van der Waals surface area contributed by atoms with Gasteiger partial charge in [-0.25, -0.2) is 0 Å². The van der Waals surface area contributed by atoms with Crippen LogP contribution in [-0.4, -0.2) is 29.4 Å². The Hall–Kier alpha value is -1.65. The highest BCUT2D eigenvalue weighted by Gasteiger charge is 2.54. The second-order valence-electron chi connectivity index (χ2n) is 7.35. The molecule has 1 saturated heterocycles. The SMILES string of the molecule is CC(=O)O[C@]1(C)CC[C@H]2[C@H](C)C(=O)O[C@@H]2C2=C(C)C(=O)CC[C@H]21. The van der Waals surface area contributed by atoms with Gasteiger partial charge < -0.3 is 9.47 Å². The summed E-state index contributed by atoms with van der Waals surface area (Å²) in [5.74, 6) is -0.572. The number of Topliss-reactive ketones (excluding diaryl/α,β-unsaturated/α-hetero) is 1. The Bertz CT molecular complexity index is 605. The quantitative estimate of drug-likeness (QED) is 0.695. The molecule has 2 aliphatic carbocycles. The molecule has 0 aromatic heterocycles. The lowest BCUT2D eigenvalue weighted by Crippen LogP contribution is -2.43. The second-order valence-corrected chi connectivity index (χ2v) is 7.35. The summed E-state index contributed by atoms with van der Waals surface area (Å²) in [6.45, 7) is 7.08. The average molecular weight is 320 g/mol. The van der Waals surface area contributed by atoms with E-state index in [4.69, 9.17) is 9.47 Å². The first-order valence-corrected chi connectivity index (χ1v) is 8.38. The van der Waals surface area contributed by atoms with Crippen molar-refractivity contribution in [1.29, 1.82) is 0 Å². The Labute approximate surface area is 136 Å². The zero-order chi connectivity index (χ0) is 16.9. The van der Waals surface area contributed by atoms with Gasteiger partial charge in [0.15, 0.2) is 5.78 Å². The lowest BCUT2D eigenvalue weighted by atomic mass is 9.71. The highest BCUT2D eigenvalue weighted by Crippen LogP contribution is 2.51. The maximum Gasteiger partial charge on any atom is 0.309 e. The largest absolute Gasteiger partial charge is 0.459 e. The molecule has 3 aliphatic rings. The summed E-state index contributed by atoms with van der Waals surface area (Å²) in [6.07, 6.45) is 2.19. The lowest BCUT2D eigenvalue weighted by molar-refractivity contribution is -0.162. The van der Waals surface area contributed by atoms with Crippen LogP contribution in [0, 0.1) is 17.8 Å². The zero-order valence-electron chi connectivity index (χ0n) is 14.2. The van der Waals surface area contributed by atoms with Gasteiger partial charge in [-0.1, -0.05) is 6.92 Å². The predicted octanol–water partition coefficient (Wildman–Crippen LogP) is 2.58. The fourth-order valence-corrected chi connectivity index (χ4v) is 4.62. The summed E-state index contributed by atoms with van der Waals surface area (Å²) >= 11 is 0. The second kappa shape index (κ2) is 5.46. The van der Waals surface area contributed by atoms with Gasteiger partial charge in [-0.15, -0.1) is 0 Å². The molecule has 0 aromatic rings. The third kappa shape index (κ3) is 2.50. The Morgan fingerprint density at radius 2 is 2.00 bits per heavy atom. The molecule has 0 radical (unpaired) electrons. The molecule has 0 amide bonds. The van der Waals surface area contributed by atoms with Gasteiger partial charge in [0.2, 0.25) is 0 Å². The van der Waals surface area contributed by atoms with Gasteiger partial charge in [-0.2, -0.15) is 0 Å². The first kappa shape index (κ1) is 16.2. The molecule has 1 aliphatic heterocycles. The van der Waals surface area contributed by atoms with Crippen molar-refractivity contribution in [2.24, 2.45) is 17.8 Å². The predicted molar refractivity (Wildman–Crippen MR) is 82.4 cm³/mol. The first-order valence-electron chi connectivity index (χ1n) is 8.38. The number of allylic oxidation sites excluding steroid dienone is 1. The Balaban J connectivity index is 2.10. The van der Waals surface area contributed by atoms with Crippen molar-refractivity contribution in [3.63, 3.8) is 0 Å². The van der Waals surface area contributed by atoms with Gasteiger partial charge >= 0.3 is 11.9 Å². The molecule has 1 heterocycles. The number of carbonyl (C=O) groups excluding carboxylic acids is 3. The summed E-state index contributed by atoms with van der Waals surface area (Å²) in [5, 5.41) is 0. The number of ketones is 1. The molecule has 5 nitrogen and oxygen atoms in total. The summed E-state index contributed by atoms with van der Waals surface area (Å²) < 4.78 is 11.4. The van der Waals surface area contributed by atoms with Crippen molar-refractivity contribution in [2.45, 2.75) is 65.1 Å². The number of fused-ring (bicyclic) bond motifs is 3. The van der Waals surface area contributed by atoms with Gasteiger partial charge in [-0.05, 0) is 44.3 Å². The molecule has 0 bridgehead atoms. The van der Waals surface area contributed by atoms with E-state index in [1.54, 1.807) is 0 Å². The minimum absolute atomic E-state index is 0.0539. The normalized spacial score (nSPS) is 40.2. The van der Waals surface area contributed by atoms with E-state index >= 15 is 0 Å². The van der Waals surface area contributed by atoms with E-state index in [0.717, 1.165) is 12.0 Å². The Morgan fingerprint density at radius 1 is 1.30 bits per heavy atom. The van der Waals surface area contributed by atoms with Crippen LogP contribution >= 0.6 is 0 Å². The van der Waals surface area contributed by atoms with Crippen molar-refractivity contribution >= 4 is 17.7 Å². The molecule has 0 N–H and O–H groups in total. The topological polar surface area (TPSA) is 69.7 Å². The van der Waals surface area contributed by atoms with Crippen molar-refractivity contribution in [2.75, 3.05) is 0 Å². The van der Waals surface area contributed by atoms with E-state index in [-0.39, 0.29) is 41.6 Å².